The van der Waals surface area contributed by atoms with Crippen molar-refractivity contribution in [2.24, 2.45) is 0 Å². The van der Waals surface area contributed by atoms with Crippen LogP contribution in [-0.4, -0.2) is 39.9 Å². The van der Waals surface area contributed by atoms with Crippen LogP contribution < -0.4 is 18.9 Å². The maximum absolute atomic E-state index is 12.4. The highest BCUT2D eigenvalue weighted by Crippen LogP contribution is 2.34. The third-order valence-corrected chi connectivity index (χ3v) is 5.23. The van der Waals surface area contributed by atoms with E-state index in [9.17, 15) is 14.9 Å². The van der Waals surface area contributed by atoms with Gasteiger partial charge in [0, 0.05) is 4.47 Å². The van der Waals surface area contributed by atoms with E-state index in [1.165, 1.54) is 19.3 Å². The lowest BCUT2D eigenvalue weighted by molar-refractivity contribution is -0.138. The number of carbonyl (C=O) groups is 2. The number of hydrogen-bond acceptors (Lipinski definition) is 8. The summed E-state index contributed by atoms with van der Waals surface area (Å²) in [6.45, 7) is 1.82. The van der Waals surface area contributed by atoms with Gasteiger partial charge in [0.1, 0.15) is 11.6 Å². The molecule has 9 heteroatoms. The summed E-state index contributed by atoms with van der Waals surface area (Å²) in [5, 5.41) is 9.18. The van der Waals surface area contributed by atoms with Crippen LogP contribution in [0.25, 0.3) is 6.08 Å². The van der Waals surface area contributed by atoms with Crippen molar-refractivity contribution in [3.05, 3.63) is 51.5 Å². The van der Waals surface area contributed by atoms with Gasteiger partial charge >= 0.3 is 11.9 Å². The number of ether oxygens (including phenoxy) is 5. The van der Waals surface area contributed by atoms with Crippen LogP contribution in [0.2, 0.25) is 0 Å². The molecule has 0 aliphatic carbocycles. The molecule has 0 radical (unpaired) electrons. The van der Waals surface area contributed by atoms with Gasteiger partial charge in [0.25, 0.3) is 0 Å². The van der Waals surface area contributed by atoms with Gasteiger partial charge in [0.05, 0.1) is 34.4 Å². The summed E-state index contributed by atoms with van der Waals surface area (Å²) in [6, 6.07) is 10.1. The second-order valence-electron chi connectivity index (χ2n) is 6.57. The highest BCUT2D eigenvalue weighted by Gasteiger charge is 2.15. The number of nitriles is 1. The molecular weight excluding hydrogens is 494 g/mol. The van der Waals surface area contributed by atoms with Gasteiger partial charge in [-0.25, -0.2) is 4.79 Å². The molecule has 0 atom stereocenters. The lowest BCUT2D eigenvalue weighted by atomic mass is 10.1. The number of nitrogens with zero attached hydrogens (tertiary/aromatic N) is 1. The summed E-state index contributed by atoms with van der Waals surface area (Å²) in [5.41, 5.74) is 1.23. The Bertz CT molecular complexity index is 1090. The monoisotopic (exact) mass is 517 g/mol. The summed E-state index contributed by atoms with van der Waals surface area (Å²) in [4.78, 5) is 24.3. The molecular formula is C24H24BrNO7. The topological polar surface area (TPSA) is 104 Å². The highest BCUT2D eigenvalue weighted by atomic mass is 79.9. The molecule has 2 rings (SSSR count). The first-order chi connectivity index (χ1) is 15.9. The average Bonchev–Trinajstić information content (AvgIpc) is 2.82. The zero-order chi connectivity index (χ0) is 24.4. The standard InChI is InChI=1S/C24H24BrNO7/c1-5-32-24(28)17(14-26)10-15-6-8-19(20(11-15)29-2)33-23(27)9-7-16-12-21(30-3)22(31-4)13-18(16)25/h6,8,10-13H,5,7,9H2,1-4H3/b17-10+. The Balaban J connectivity index is 2.12. The van der Waals surface area contributed by atoms with Crippen LogP contribution in [0.4, 0.5) is 0 Å². The molecule has 2 aromatic rings. The van der Waals surface area contributed by atoms with Crippen molar-refractivity contribution in [2.75, 3.05) is 27.9 Å². The van der Waals surface area contributed by atoms with Gasteiger partial charge in [-0.15, -0.1) is 0 Å². The van der Waals surface area contributed by atoms with Crippen molar-refractivity contribution in [3.63, 3.8) is 0 Å². The predicted molar refractivity (Wildman–Crippen MR) is 124 cm³/mol. The van der Waals surface area contributed by atoms with E-state index in [1.807, 2.05) is 6.07 Å². The molecule has 0 amide bonds. The molecule has 0 spiro atoms. The number of aryl methyl sites for hydroxylation is 1. The number of methoxy groups -OCH3 is 3. The third kappa shape index (κ3) is 6.99. The summed E-state index contributed by atoms with van der Waals surface area (Å²) < 4.78 is 27.0. The van der Waals surface area contributed by atoms with E-state index in [0.29, 0.717) is 23.5 Å². The van der Waals surface area contributed by atoms with E-state index in [1.54, 1.807) is 45.4 Å². The van der Waals surface area contributed by atoms with Crippen LogP contribution in [0, 0.1) is 11.3 Å². The normalized spacial score (nSPS) is 10.7. The summed E-state index contributed by atoms with van der Waals surface area (Å²) in [5.74, 6) is 0.482. The smallest absolute Gasteiger partial charge is 0.348 e. The molecule has 0 fully saturated rings. The van der Waals surface area contributed by atoms with Crippen molar-refractivity contribution in [3.8, 4) is 29.1 Å². The Morgan fingerprint density at radius 3 is 2.24 bits per heavy atom. The molecule has 174 valence electrons. The Kier molecular flexibility index (Phi) is 9.76. The highest BCUT2D eigenvalue weighted by molar-refractivity contribution is 9.10. The van der Waals surface area contributed by atoms with Gasteiger partial charge in [0.15, 0.2) is 23.0 Å². The van der Waals surface area contributed by atoms with Crippen molar-refractivity contribution in [1.29, 1.82) is 5.26 Å². The number of halogens is 1. The fourth-order valence-corrected chi connectivity index (χ4v) is 3.39. The lowest BCUT2D eigenvalue weighted by Crippen LogP contribution is -2.10. The van der Waals surface area contributed by atoms with Crippen LogP contribution in [-0.2, 0) is 20.7 Å². The summed E-state index contributed by atoms with van der Waals surface area (Å²) >= 11 is 3.48. The van der Waals surface area contributed by atoms with E-state index in [4.69, 9.17) is 23.7 Å². The fourth-order valence-electron chi connectivity index (χ4n) is 2.87. The van der Waals surface area contributed by atoms with Crippen molar-refractivity contribution < 1.29 is 33.3 Å². The van der Waals surface area contributed by atoms with Crippen LogP contribution in [0.1, 0.15) is 24.5 Å². The van der Waals surface area contributed by atoms with Crippen LogP contribution in [0.3, 0.4) is 0 Å². The van der Waals surface area contributed by atoms with E-state index in [2.05, 4.69) is 15.9 Å². The molecule has 0 aromatic heterocycles. The Labute approximate surface area is 200 Å². The first-order valence-corrected chi connectivity index (χ1v) is 10.7. The minimum Gasteiger partial charge on any atom is -0.493 e. The van der Waals surface area contributed by atoms with E-state index in [0.717, 1.165) is 10.0 Å². The second-order valence-corrected chi connectivity index (χ2v) is 7.43. The fraction of sp³-hybridized carbons (Fsp3) is 0.292. The molecule has 0 aliphatic heterocycles. The third-order valence-electron chi connectivity index (χ3n) is 4.49. The minimum absolute atomic E-state index is 0.111. The van der Waals surface area contributed by atoms with Crippen molar-refractivity contribution in [1.82, 2.24) is 0 Å². The van der Waals surface area contributed by atoms with Gasteiger partial charge in [-0.3, -0.25) is 4.79 Å². The number of carbonyl (C=O) groups excluding carboxylic acids is 2. The SMILES string of the molecule is CCOC(=O)/C(C#N)=C/c1ccc(OC(=O)CCc2cc(OC)c(OC)cc2Br)c(OC)c1. The van der Waals surface area contributed by atoms with E-state index in [-0.39, 0.29) is 30.1 Å². The zero-order valence-electron chi connectivity index (χ0n) is 18.8. The second kappa shape index (κ2) is 12.5. The number of hydrogen-bond donors (Lipinski definition) is 0. The molecule has 0 bridgehead atoms. The number of esters is 2. The van der Waals surface area contributed by atoms with Crippen LogP contribution >= 0.6 is 15.9 Å². The number of benzene rings is 2. The Morgan fingerprint density at radius 1 is 1.00 bits per heavy atom. The molecule has 8 nitrogen and oxygen atoms in total. The maximum Gasteiger partial charge on any atom is 0.348 e. The predicted octanol–water partition coefficient (Wildman–Crippen LogP) is 4.48. The molecule has 2 aromatic carbocycles. The van der Waals surface area contributed by atoms with Gasteiger partial charge < -0.3 is 23.7 Å². The average molecular weight is 518 g/mol. The van der Waals surface area contributed by atoms with Gasteiger partial charge in [-0.05, 0) is 54.8 Å². The van der Waals surface area contributed by atoms with Gasteiger partial charge in [0.2, 0.25) is 0 Å². The summed E-state index contributed by atoms with van der Waals surface area (Å²) in [6.07, 6.45) is 1.90. The molecule has 0 N–H and O–H groups in total. The van der Waals surface area contributed by atoms with E-state index < -0.39 is 11.9 Å². The van der Waals surface area contributed by atoms with Crippen molar-refractivity contribution >= 4 is 33.9 Å². The quantitative estimate of drug-likeness (QED) is 0.196. The van der Waals surface area contributed by atoms with Crippen LogP contribution in [0.15, 0.2) is 40.4 Å². The molecule has 0 saturated carbocycles. The lowest BCUT2D eigenvalue weighted by Gasteiger charge is -2.12. The molecule has 0 saturated heterocycles. The zero-order valence-corrected chi connectivity index (χ0v) is 20.4. The Morgan fingerprint density at radius 2 is 1.64 bits per heavy atom. The van der Waals surface area contributed by atoms with Gasteiger partial charge in [-0.2, -0.15) is 5.26 Å². The first kappa shape index (κ1) is 25.7. The number of rotatable bonds is 10. The largest absolute Gasteiger partial charge is 0.493 e. The summed E-state index contributed by atoms with van der Waals surface area (Å²) in [7, 11) is 4.52. The van der Waals surface area contributed by atoms with Gasteiger partial charge in [-0.1, -0.05) is 22.0 Å². The molecule has 33 heavy (non-hydrogen) atoms. The molecule has 0 unspecified atom stereocenters. The maximum atomic E-state index is 12.4. The minimum atomic E-state index is -0.712. The van der Waals surface area contributed by atoms with Crippen LogP contribution in [0.5, 0.6) is 23.0 Å². The first-order valence-electron chi connectivity index (χ1n) is 9.94. The Hall–Kier alpha value is -3.51. The molecule has 0 heterocycles. The molecule has 0 aliphatic rings. The van der Waals surface area contributed by atoms with E-state index >= 15 is 0 Å². The van der Waals surface area contributed by atoms with Crippen molar-refractivity contribution in [2.45, 2.75) is 19.8 Å².